The smallest absolute Gasteiger partial charge is 0.271 e. The third kappa shape index (κ3) is 2.51. The van der Waals surface area contributed by atoms with Crippen molar-refractivity contribution in [2.45, 2.75) is 25.8 Å². The second kappa shape index (κ2) is 4.73. The van der Waals surface area contributed by atoms with Gasteiger partial charge in [-0.3, -0.25) is 4.79 Å². The van der Waals surface area contributed by atoms with Gasteiger partial charge >= 0.3 is 0 Å². The lowest BCUT2D eigenvalue weighted by molar-refractivity contribution is 0.0922. The van der Waals surface area contributed by atoms with E-state index < -0.39 is 0 Å². The van der Waals surface area contributed by atoms with Crippen LogP contribution in [-0.2, 0) is 7.05 Å². The first-order chi connectivity index (χ1) is 9.15. The van der Waals surface area contributed by atoms with Crippen molar-refractivity contribution in [2.24, 2.45) is 13.0 Å². The number of carbonyl (C=O) groups excluding carboxylic acids is 1. The topological polar surface area (TPSA) is 72.7 Å². The molecular weight excluding hydrogens is 262 g/mol. The van der Waals surface area contributed by atoms with E-state index in [1.807, 2.05) is 12.3 Å². The molecule has 2 heterocycles. The van der Waals surface area contributed by atoms with Crippen molar-refractivity contribution >= 4 is 17.2 Å². The lowest BCUT2D eigenvalue weighted by atomic mass is 10.2. The standard InChI is InChI=1S/C12H15N5OS/c1-7-6-19-12(14-7)10(8-3-4-8)15-11(18)9-5-13-16-17(9)2/h5-6,8,10H,3-4H2,1-2H3,(H,15,18). The zero-order valence-electron chi connectivity index (χ0n) is 10.8. The molecule has 19 heavy (non-hydrogen) atoms. The van der Waals surface area contributed by atoms with Gasteiger partial charge in [-0.1, -0.05) is 5.21 Å². The maximum Gasteiger partial charge on any atom is 0.271 e. The summed E-state index contributed by atoms with van der Waals surface area (Å²) in [5, 5.41) is 13.6. The molecule has 3 rings (SSSR count). The summed E-state index contributed by atoms with van der Waals surface area (Å²) in [6.45, 7) is 1.97. The first-order valence-electron chi connectivity index (χ1n) is 6.22. The second-order valence-corrected chi connectivity index (χ2v) is 5.75. The second-order valence-electron chi connectivity index (χ2n) is 4.86. The van der Waals surface area contributed by atoms with Gasteiger partial charge < -0.3 is 5.32 Å². The van der Waals surface area contributed by atoms with Gasteiger partial charge in [-0.25, -0.2) is 9.67 Å². The van der Waals surface area contributed by atoms with Gasteiger partial charge in [0.15, 0.2) is 0 Å². The van der Waals surface area contributed by atoms with Crippen molar-refractivity contribution in [1.29, 1.82) is 0 Å². The highest BCUT2D eigenvalue weighted by molar-refractivity contribution is 7.09. The minimum atomic E-state index is -0.141. The van der Waals surface area contributed by atoms with Crippen LogP contribution in [0.3, 0.4) is 0 Å². The van der Waals surface area contributed by atoms with Crippen molar-refractivity contribution in [3.05, 3.63) is 28.0 Å². The number of aromatic nitrogens is 4. The molecule has 1 N–H and O–H groups in total. The van der Waals surface area contributed by atoms with Crippen LogP contribution in [0, 0.1) is 12.8 Å². The van der Waals surface area contributed by atoms with E-state index in [1.165, 1.54) is 10.9 Å². The molecule has 1 aliphatic rings. The molecule has 100 valence electrons. The summed E-state index contributed by atoms with van der Waals surface area (Å²) < 4.78 is 1.48. The molecule has 0 bridgehead atoms. The number of nitrogens with one attached hydrogen (secondary N) is 1. The molecule has 1 atom stereocenters. The number of nitrogens with zero attached hydrogens (tertiary/aromatic N) is 4. The molecular formula is C12H15N5OS. The predicted octanol–water partition coefficient (Wildman–Crippen LogP) is 1.46. The van der Waals surface area contributed by atoms with Gasteiger partial charge in [-0.05, 0) is 25.7 Å². The Hall–Kier alpha value is -1.76. The molecule has 1 amide bonds. The van der Waals surface area contributed by atoms with E-state index in [9.17, 15) is 4.79 Å². The van der Waals surface area contributed by atoms with E-state index in [4.69, 9.17) is 0 Å². The number of hydrogen-bond donors (Lipinski definition) is 1. The van der Waals surface area contributed by atoms with Gasteiger partial charge in [0.05, 0.1) is 12.2 Å². The number of rotatable bonds is 4. The van der Waals surface area contributed by atoms with Gasteiger partial charge in [0, 0.05) is 18.1 Å². The highest BCUT2D eigenvalue weighted by atomic mass is 32.1. The van der Waals surface area contributed by atoms with E-state index in [1.54, 1.807) is 18.4 Å². The molecule has 2 aromatic rings. The maximum atomic E-state index is 12.2. The minimum absolute atomic E-state index is 0.0149. The van der Waals surface area contributed by atoms with E-state index >= 15 is 0 Å². The summed E-state index contributed by atoms with van der Waals surface area (Å²) >= 11 is 1.61. The molecule has 0 spiro atoms. The van der Waals surface area contributed by atoms with Crippen LogP contribution in [0.25, 0.3) is 0 Å². The SMILES string of the molecule is Cc1csc(C(NC(=O)c2cnnn2C)C2CC2)n1. The zero-order valence-corrected chi connectivity index (χ0v) is 11.6. The van der Waals surface area contributed by atoms with Crippen molar-refractivity contribution in [3.8, 4) is 0 Å². The highest BCUT2D eigenvalue weighted by Crippen LogP contribution is 2.41. The molecule has 1 aliphatic carbocycles. The fourth-order valence-electron chi connectivity index (χ4n) is 2.04. The molecule has 1 fully saturated rings. The molecule has 0 aromatic carbocycles. The Morgan fingerprint density at radius 2 is 2.37 bits per heavy atom. The Labute approximate surface area is 114 Å². The summed E-state index contributed by atoms with van der Waals surface area (Å²) in [6.07, 6.45) is 3.77. The highest BCUT2D eigenvalue weighted by Gasteiger charge is 2.35. The van der Waals surface area contributed by atoms with Gasteiger partial charge in [0.1, 0.15) is 10.7 Å². The summed E-state index contributed by atoms with van der Waals surface area (Å²) in [6, 6.07) is 0.0149. The number of carbonyl (C=O) groups is 1. The average molecular weight is 277 g/mol. The van der Waals surface area contributed by atoms with Crippen LogP contribution >= 0.6 is 11.3 Å². The Balaban J connectivity index is 1.79. The molecule has 0 radical (unpaired) electrons. The van der Waals surface area contributed by atoms with Crippen molar-refractivity contribution in [3.63, 3.8) is 0 Å². The van der Waals surface area contributed by atoms with Gasteiger partial charge in [-0.2, -0.15) is 0 Å². The van der Waals surface area contributed by atoms with Crippen LogP contribution in [0.4, 0.5) is 0 Å². The molecule has 0 saturated heterocycles. The van der Waals surface area contributed by atoms with Crippen LogP contribution in [-0.4, -0.2) is 25.9 Å². The van der Waals surface area contributed by atoms with E-state index in [-0.39, 0.29) is 11.9 Å². The molecule has 2 aromatic heterocycles. The van der Waals surface area contributed by atoms with Crippen molar-refractivity contribution < 1.29 is 4.79 Å². The number of hydrogen-bond acceptors (Lipinski definition) is 5. The summed E-state index contributed by atoms with van der Waals surface area (Å²) in [4.78, 5) is 16.7. The predicted molar refractivity (Wildman–Crippen MR) is 70.8 cm³/mol. The summed E-state index contributed by atoms with van der Waals surface area (Å²) in [7, 11) is 1.71. The van der Waals surface area contributed by atoms with Crippen LogP contribution in [0.1, 0.15) is 40.1 Å². The summed E-state index contributed by atoms with van der Waals surface area (Å²) in [5.41, 5.74) is 1.47. The zero-order chi connectivity index (χ0) is 13.4. The van der Waals surface area contributed by atoms with Crippen LogP contribution in [0.5, 0.6) is 0 Å². The minimum Gasteiger partial charge on any atom is -0.341 e. The molecule has 1 unspecified atom stereocenters. The van der Waals surface area contributed by atoms with Crippen molar-refractivity contribution in [1.82, 2.24) is 25.3 Å². The third-order valence-corrected chi connectivity index (χ3v) is 4.28. The number of amides is 1. The first-order valence-corrected chi connectivity index (χ1v) is 7.10. The van der Waals surface area contributed by atoms with E-state index in [2.05, 4.69) is 20.6 Å². The van der Waals surface area contributed by atoms with Crippen LogP contribution in [0.2, 0.25) is 0 Å². The maximum absolute atomic E-state index is 12.2. The first kappa shape index (κ1) is 12.3. The Morgan fingerprint density at radius 3 is 2.89 bits per heavy atom. The molecule has 0 aliphatic heterocycles. The molecule has 7 heteroatoms. The number of aryl methyl sites for hydroxylation is 2. The Morgan fingerprint density at radius 1 is 1.58 bits per heavy atom. The Bertz CT molecular complexity index is 601. The largest absolute Gasteiger partial charge is 0.341 e. The fraction of sp³-hybridized carbons (Fsp3) is 0.500. The fourth-order valence-corrected chi connectivity index (χ4v) is 2.97. The third-order valence-electron chi connectivity index (χ3n) is 3.23. The lowest BCUT2D eigenvalue weighted by Crippen LogP contribution is -2.31. The van der Waals surface area contributed by atoms with Crippen LogP contribution < -0.4 is 5.32 Å². The summed E-state index contributed by atoms with van der Waals surface area (Å²) in [5.74, 6) is 0.368. The normalized spacial score (nSPS) is 16.3. The number of thiazole rings is 1. The van der Waals surface area contributed by atoms with Crippen molar-refractivity contribution in [2.75, 3.05) is 0 Å². The molecule has 1 saturated carbocycles. The van der Waals surface area contributed by atoms with Gasteiger partial charge in [0.25, 0.3) is 5.91 Å². The average Bonchev–Trinajstić information content (AvgIpc) is 2.99. The van der Waals surface area contributed by atoms with E-state index in [0.717, 1.165) is 23.5 Å². The lowest BCUT2D eigenvalue weighted by Gasteiger charge is -2.15. The monoisotopic (exact) mass is 277 g/mol. The van der Waals surface area contributed by atoms with E-state index in [0.29, 0.717) is 11.6 Å². The van der Waals surface area contributed by atoms with Gasteiger partial charge in [0.2, 0.25) is 0 Å². The quantitative estimate of drug-likeness (QED) is 0.918. The molecule has 6 nitrogen and oxygen atoms in total. The van der Waals surface area contributed by atoms with Gasteiger partial charge in [-0.15, -0.1) is 16.4 Å². The van der Waals surface area contributed by atoms with Crippen LogP contribution in [0.15, 0.2) is 11.6 Å². The Kier molecular flexibility index (Phi) is 3.06.